The largest absolute Gasteiger partial charge is 0.364 e. The maximum atomic E-state index is 12.1. The standard InChI is InChI=1S/C16H23N3O3/c1-11-8-19(9-12(2)22-11)10-16(21)18-15-6-4-14(5-7-15)17-13(3)20/h4-7,11-12H,8-10H2,1-3H3,(H,17,20)(H,18,21)/p+1/t11-,12-/m0/s1. The Balaban J connectivity index is 1.85. The molecule has 2 rings (SSSR count). The van der Waals surface area contributed by atoms with Crippen molar-refractivity contribution in [2.45, 2.75) is 33.0 Å². The number of morpholine rings is 1. The van der Waals surface area contributed by atoms with Crippen LogP contribution >= 0.6 is 0 Å². The molecule has 1 aliphatic heterocycles. The quantitative estimate of drug-likeness (QED) is 0.748. The molecule has 0 radical (unpaired) electrons. The highest BCUT2D eigenvalue weighted by molar-refractivity contribution is 5.92. The third-order valence-electron chi connectivity index (χ3n) is 3.52. The van der Waals surface area contributed by atoms with Gasteiger partial charge in [-0.2, -0.15) is 0 Å². The van der Waals surface area contributed by atoms with E-state index in [4.69, 9.17) is 4.74 Å². The predicted octanol–water partition coefficient (Wildman–Crippen LogP) is 0.276. The topological polar surface area (TPSA) is 71.9 Å². The minimum atomic E-state index is -0.115. The van der Waals surface area contributed by atoms with Crippen LogP contribution in [-0.2, 0) is 14.3 Å². The Hall–Kier alpha value is -1.92. The highest BCUT2D eigenvalue weighted by Gasteiger charge is 2.27. The van der Waals surface area contributed by atoms with E-state index in [1.807, 2.05) is 13.8 Å². The number of hydrogen-bond acceptors (Lipinski definition) is 3. The second-order valence-corrected chi connectivity index (χ2v) is 5.90. The second-order valence-electron chi connectivity index (χ2n) is 5.90. The highest BCUT2D eigenvalue weighted by Crippen LogP contribution is 2.13. The fraction of sp³-hybridized carbons (Fsp3) is 0.500. The Bertz CT molecular complexity index is 520. The van der Waals surface area contributed by atoms with Crippen LogP contribution in [0.3, 0.4) is 0 Å². The number of anilines is 2. The molecule has 0 unspecified atom stereocenters. The molecule has 1 heterocycles. The molecule has 0 bridgehead atoms. The lowest BCUT2D eigenvalue weighted by Crippen LogP contribution is -3.16. The van der Waals surface area contributed by atoms with E-state index in [9.17, 15) is 9.59 Å². The van der Waals surface area contributed by atoms with Gasteiger partial charge in [-0.25, -0.2) is 0 Å². The summed E-state index contributed by atoms with van der Waals surface area (Å²) < 4.78 is 5.67. The smallest absolute Gasteiger partial charge is 0.279 e. The van der Waals surface area contributed by atoms with Crippen molar-refractivity contribution in [1.29, 1.82) is 0 Å². The summed E-state index contributed by atoms with van der Waals surface area (Å²) in [4.78, 5) is 24.3. The molecule has 0 spiro atoms. The minimum absolute atomic E-state index is 0.0106. The van der Waals surface area contributed by atoms with Crippen LogP contribution in [0.4, 0.5) is 11.4 Å². The van der Waals surface area contributed by atoms with Gasteiger partial charge in [-0.05, 0) is 38.1 Å². The number of amides is 2. The number of carbonyl (C=O) groups excluding carboxylic acids is 2. The summed E-state index contributed by atoms with van der Waals surface area (Å²) in [6, 6.07) is 7.09. The minimum Gasteiger partial charge on any atom is -0.364 e. The average Bonchev–Trinajstić information content (AvgIpc) is 2.39. The summed E-state index contributed by atoms with van der Waals surface area (Å²) in [5.41, 5.74) is 1.44. The first-order valence-corrected chi connectivity index (χ1v) is 7.59. The number of rotatable bonds is 4. The van der Waals surface area contributed by atoms with Gasteiger partial charge < -0.3 is 20.3 Å². The zero-order chi connectivity index (χ0) is 16.1. The zero-order valence-corrected chi connectivity index (χ0v) is 13.3. The van der Waals surface area contributed by atoms with E-state index in [-0.39, 0.29) is 24.0 Å². The maximum Gasteiger partial charge on any atom is 0.279 e. The summed E-state index contributed by atoms with van der Waals surface area (Å²) >= 11 is 0. The Morgan fingerprint density at radius 3 is 2.09 bits per heavy atom. The molecule has 22 heavy (non-hydrogen) atoms. The van der Waals surface area contributed by atoms with Crippen LogP contribution in [0.1, 0.15) is 20.8 Å². The van der Waals surface area contributed by atoms with Crippen LogP contribution in [0, 0.1) is 0 Å². The van der Waals surface area contributed by atoms with Crippen molar-refractivity contribution in [3.8, 4) is 0 Å². The van der Waals surface area contributed by atoms with Crippen molar-refractivity contribution >= 4 is 23.2 Å². The SMILES string of the molecule is CC(=O)Nc1ccc(NC(=O)C[NH+]2C[C@H](C)O[C@@H](C)C2)cc1. The molecule has 2 atom stereocenters. The molecule has 0 aromatic heterocycles. The predicted molar refractivity (Wildman–Crippen MR) is 84.9 cm³/mol. The van der Waals surface area contributed by atoms with Gasteiger partial charge in [0.1, 0.15) is 25.3 Å². The molecule has 2 amide bonds. The monoisotopic (exact) mass is 306 g/mol. The number of ether oxygens (including phenoxy) is 1. The molecular weight excluding hydrogens is 282 g/mol. The first-order chi connectivity index (χ1) is 10.4. The lowest BCUT2D eigenvalue weighted by Gasteiger charge is -2.31. The van der Waals surface area contributed by atoms with Crippen molar-refractivity contribution in [2.75, 3.05) is 30.3 Å². The van der Waals surface area contributed by atoms with E-state index in [2.05, 4.69) is 10.6 Å². The van der Waals surface area contributed by atoms with E-state index < -0.39 is 0 Å². The average molecular weight is 306 g/mol. The number of quaternary nitrogens is 1. The molecule has 1 saturated heterocycles. The molecule has 3 N–H and O–H groups in total. The fourth-order valence-electron chi connectivity index (χ4n) is 2.81. The summed E-state index contributed by atoms with van der Waals surface area (Å²) in [6.07, 6.45) is 0.368. The van der Waals surface area contributed by atoms with Crippen molar-refractivity contribution in [1.82, 2.24) is 0 Å². The van der Waals surface area contributed by atoms with Crippen LogP contribution in [0.2, 0.25) is 0 Å². The van der Waals surface area contributed by atoms with Gasteiger partial charge in [0.15, 0.2) is 6.54 Å². The molecular formula is C16H24N3O3+. The van der Waals surface area contributed by atoms with E-state index in [1.54, 1.807) is 24.3 Å². The van der Waals surface area contributed by atoms with Crippen molar-refractivity contribution in [2.24, 2.45) is 0 Å². The van der Waals surface area contributed by atoms with E-state index in [1.165, 1.54) is 11.8 Å². The van der Waals surface area contributed by atoms with Gasteiger partial charge in [0, 0.05) is 18.3 Å². The summed E-state index contributed by atoms with van der Waals surface area (Å²) in [6.45, 7) is 7.66. The Labute approximate surface area is 130 Å². The number of benzene rings is 1. The lowest BCUT2D eigenvalue weighted by molar-refractivity contribution is -0.907. The van der Waals surface area contributed by atoms with Gasteiger partial charge >= 0.3 is 0 Å². The van der Waals surface area contributed by atoms with Crippen molar-refractivity contribution in [3.05, 3.63) is 24.3 Å². The van der Waals surface area contributed by atoms with Gasteiger partial charge in [-0.3, -0.25) is 9.59 Å². The summed E-state index contributed by atoms with van der Waals surface area (Å²) in [7, 11) is 0. The zero-order valence-electron chi connectivity index (χ0n) is 13.3. The van der Waals surface area contributed by atoms with Crippen molar-refractivity contribution in [3.63, 3.8) is 0 Å². The fourth-order valence-corrected chi connectivity index (χ4v) is 2.81. The van der Waals surface area contributed by atoms with Gasteiger partial charge in [0.25, 0.3) is 5.91 Å². The Morgan fingerprint density at radius 1 is 1.09 bits per heavy atom. The second kappa shape index (κ2) is 7.38. The lowest BCUT2D eigenvalue weighted by atomic mass is 10.2. The third-order valence-corrected chi connectivity index (χ3v) is 3.52. The number of nitrogens with one attached hydrogen (secondary N) is 3. The summed E-state index contributed by atoms with van der Waals surface area (Å²) in [5, 5.41) is 5.58. The van der Waals surface area contributed by atoms with E-state index in [0.717, 1.165) is 18.8 Å². The van der Waals surface area contributed by atoms with Crippen LogP contribution in [-0.4, -0.2) is 43.7 Å². The highest BCUT2D eigenvalue weighted by atomic mass is 16.5. The number of carbonyl (C=O) groups is 2. The van der Waals surface area contributed by atoms with Gasteiger partial charge in [0.2, 0.25) is 5.91 Å². The van der Waals surface area contributed by atoms with Crippen LogP contribution in [0.25, 0.3) is 0 Å². The van der Waals surface area contributed by atoms with Crippen LogP contribution in [0.15, 0.2) is 24.3 Å². The first kappa shape index (κ1) is 16.5. The molecule has 0 saturated carbocycles. The third kappa shape index (κ3) is 5.13. The van der Waals surface area contributed by atoms with Gasteiger partial charge in [0.05, 0.1) is 0 Å². The molecule has 1 aliphatic rings. The molecule has 0 aliphatic carbocycles. The maximum absolute atomic E-state index is 12.1. The van der Waals surface area contributed by atoms with Crippen molar-refractivity contribution < 1.29 is 19.2 Å². The Morgan fingerprint density at radius 2 is 1.59 bits per heavy atom. The van der Waals surface area contributed by atoms with Gasteiger partial charge in [-0.1, -0.05) is 0 Å². The van der Waals surface area contributed by atoms with E-state index in [0.29, 0.717) is 12.2 Å². The molecule has 1 aromatic rings. The van der Waals surface area contributed by atoms with Gasteiger partial charge in [-0.15, -0.1) is 0 Å². The van der Waals surface area contributed by atoms with Crippen LogP contribution < -0.4 is 15.5 Å². The normalized spacial score (nSPS) is 24.6. The van der Waals surface area contributed by atoms with E-state index >= 15 is 0 Å². The molecule has 6 heteroatoms. The molecule has 6 nitrogen and oxygen atoms in total. The Kier molecular flexibility index (Phi) is 5.51. The molecule has 120 valence electrons. The first-order valence-electron chi connectivity index (χ1n) is 7.59. The summed E-state index contributed by atoms with van der Waals surface area (Å²) in [5.74, 6) is -0.125. The molecule has 1 aromatic carbocycles. The van der Waals surface area contributed by atoms with Crippen LogP contribution in [0.5, 0.6) is 0 Å². The molecule has 1 fully saturated rings. The number of hydrogen-bond donors (Lipinski definition) is 3.